The van der Waals surface area contributed by atoms with E-state index in [1.54, 1.807) is 11.1 Å². The molecule has 5 aromatic carbocycles. The van der Waals surface area contributed by atoms with Crippen molar-refractivity contribution in [2.75, 3.05) is 0 Å². The third kappa shape index (κ3) is 6.17. The number of benzene rings is 4. The van der Waals surface area contributed by atoms with E-state index in [0.717, 1.165) is 6.42 Å². The van der Waals surface area contributed by atoms with Gasteiger partial charge in [0, 0.05) is 5.54 Å². The molecule has 180 valence electrons. The van der Waals surface area contributed by atoms with Crippen LogP contribution in [0.1, 0.15) is 33.4 Å². The van der Waals surface area contributed by atoms with Gasteiger partial charge in [-0.25, -0.2) is 0 Å². The molecule has 0 spiro atoms. The Balaban J connectivity index is 0.000000234. The third-order valence-electron chi connectivity index (χ3n) is 6.77. The minimum absolute atomic E-state index is 0. The van der Waals surface area contributed by atoms with Gasteiger partial charge >= 0.3 is 26.2 Å². The summed E-state index contributed by atoms with van der Waals surface area (Å²) in [6, 6.07) is 39.4. The van der Waals surface area contributed by atoms with Crippen LogP contribution in [0.4, 0.5) is 0 Å². The van der Waals surface area contributed by atoms with E-state index in [4.69, 9.17) is 0 Å². The molecule has 0 saturated carbocycles. The smallest absolute Gasteiger partial charge is 1.00 e. The summed E-state index contributed by atoms with van der Waals surface area (Å²) in [6.07, 6.45) is 1.03. The van der Waals surface area contributed by atoms with Crippen molar-refractivity contribution in [2.24, 2.45) is 0 Å². The van der Waals surface area contributed by atoms with E-state index in [9.17, 15) is 0 Å². The average molecular weight is 605 g/mol. The molecule has 0 heterocycles. The first kappa shape index (κ1) is 30.4. The molecule has 0 aromatic heterocycles. The van der Waals surface area contributed by atoms with Gasteiger partial charge in [0.05, 0.1) is 8.80 Å². The van der Waals surface area contributed by atoms with Crippen molar-refractivity contribution < 1.29 is 51.0 Å². The number of rotatable bonds is 3. The molecule has 36 heavy (non-hydrogen) atoms. The minimum atomic E-state index is -0.336. The fourth-order valence-corrected chi connectivity index (χ4v) is 6.99. The Bertz CT molecular complexity index is 1350. The van der Waals surface area contributed by atoms with Crippen molar-refractivity contribution in [3.63, 3.8) is 0 Å². The molecule has 0 N–H and O–H groups in total. The summed E-state index contributed by atoms with van der Waals surface area (Å²) in [4.78, 5) is 0. The first-order valence-electron chi connectivity index (χ1n) is 11.8. The van der Waals surface area contributed by atoms with Gasteiger partial charge in [0.2, 0.25) is 0 Å². The Labute approximate surface area is 249 Å². The predicted molar refractivity (Wildman–Crippen MR) is 145 cm³/mol. The van der Waals surface area contributed by atoms with Crippen LogP contribution in [0, 0.1) is 6.92 Å². The molecule has 5 aromatic rings. The molecular weight excluding hydrogens is 575 g/mol. The van der Waals surface area contributed by atoms with Crippen molar-refractivity contribution in [2.45, 2.75) is 32.0 Å². The van der Waals surface area contributed by atoms with Crippen LogP contribution in [-0.2, 0) is 32.6 Å². The second-order valence-electron chi connectivity index (χ2n) is 9.24. The quantitative estimate of drug-likeness (QED) is 0.220. The minimum Gasteiger partial charge on any atom is -1.00 e. The summed E-state index contributed by atoms with van der Waals surface area (Å²) < 4.78 is 0. The number of hydrogen-bond donors (Lipinski definition) is 0. The molecule has 4 heteroatoms. The molecule has 0 aliphatic heterocycles. The van der Waals surface area contributed by atoms with Gasteiger partial charge in [-0.05, 0) is 28.7 Å². The molecule has 1 aliphatic rings. The Morgan fingerprint density at radius 2 is 1.17 bits per heavy atom. The first-order valence-corrected chi connectivity index (χ1v) is 14.4. The van der Waals surface area contributed by atoms with Gasteiger partial charge < -0.3 is 24.8 Å². The summed E-state index contributed by atoms with van der Waals surface area (Å²) in [5, 5.41) is 2.75. The fourth-order valence-electron chi connectivity index (χ4n) is 5.24. The SMILES string of the molecule is C[Si](C)C1c2ccccc2-c2ccccc21.Cc1[cH-]c2ccccc2c1Cc1ccccc1.[Cl-].[Cl-].[Zr+3]. The van der Waals surface area contributed by atoms with E-state index in [1.807, 2.05) is 0 Å². The van der Waals surface area contributed by atoms with Crippen LogP contribution in [0.5, 0.6) is 0 Å². The van der Waals surface area contributed by atoms with Gasteiger partial charge in [0.1, 0.15) is 0 Å². The predicted octanol–water partition coefficient (Wildman–Crippen LogP) is 2.56. The van der Waals surface area contributed by atoms with Crippen LogP contribution in [0.15, 0.2) is 109 Å². The summed E-state index contributed by atoms with van der Waals surface area (Å²) >= 11 is 0. The summed E-state index contributed by atoms with van der Waals surface area (Å²) in [5.41, 5.74) is 10.9. The number of fused-ring (bicyclic) bond motifs is 4. The molecule has 0 saturated heterocycles. The van der Waals surface area contributed by atoms with Crippen LogP contribution in [0.3, 0.4) is 0 Å². The van der Waals surface area contributed by atoms with E-state index in [2.05, 4.69) is 129 Å². The Morgan fingerprint density at radius 1 is 0.667 bits per heavy atom. The topological polar surface area (TPSA) is 0 Å². The van der Waals surface area contributed by atoms with Crippen LogP contribution < -0.4 is 24.8 Å². The summed E-state index contributed by atoms with van der Waals surface area (Å²) in [6.45, 7) is 7.03. The van der Waals surface area contributed by atoms with Crippen LogP contribution >= 0.6 is 0 Å². The molecule has 0 atom stereocenters. The average Bonchev–Trinajstić information content (AvgIpc) is 3.35. The van der Waals surface area contributed by atoms with E-state index in [-0.39, 0.29) is 59.8 Å². The van der Waals surface area contributed by atoms with Crippen LogP contribution in [-0.4, -0.2) is 8.80 Å². The van der Waals surface area contributed by atoms with Gasteiger partial charge in [0.25, 0.3) is 0 Å². The molecule has 2 radical (unpaired) electrons. The molecule has 0 nitrogen and oxygen atoms in total. The molecule has 1 aliphatic carbocycles. The third-order valence-corrected chi connectivity index (χ3v) is 8.55. The Hall–Kier alpha value is -1.83. The fraction of sp³-hybridized carbons (Fsp3) is 0.156. The van der Waals surface area contributed by atoms with E-state index < -0.39 is 0 Å². The van der Waals surface area contributed by atoms with Crippen molar-refractivity contribution in [3.05, 3.63) is 137 Å². The van der Waals surface area contributed by atoms with Crippen LogP contribution in [0.2, 0.25) is 13.1 Å². The molecule has 0 bridgehead atoms. The van der Waals surface area contributed by atoms with Crippen LogP contribution in [0.25, 0.3) is 21.9 Å². The maximum absolute atomic E-state index is 2.41. The zero-order valence-corrected chi connectivity index (χ0v) is 25.9. The van der Waals surface area contributed by atoms with E-state index in [1.165, 1.54) is 38.6 Å². The van der Waals surface area contributed by atoms with Gasteiger partial charge in [-0.1, -0.05) is 111 Å². The molecule has 6 rings (SSSR count). The van der Waals surface area contributed by atoms with Gasteiger partial charge in [-0.15, -0.1) is 46.2 Å². The summed E-state index contributed by atoms with van der Waals surface area (Å²) in [7, 11) is -0.336. The van der Waals surface area contributed by atoms with Gasteiger partial charge in [0.15, 0.2) is 0 Å². The molecule has 0 amide bonds. The second kappa shape index (κ2) is 13.6. The zero-order chi connectivity index (χ0) is 22.8. The number of halogens is 2. The van der Waals surface area contributed by atoms with Gasteiger partial charge in [-0.3, -0.25) is 0 Å². The summed E-state index contributed by atoms with van der Waals surface area (Å²) in [5.74, 6) is 0. The van der Waals surface area contributed by atoms with Crippen molar-refractivity contribution in [3.8, 4) is 11.1 Å². The van der Waals surface area contributed by atoms with Crippen molar-refractivity contribution in [1.29, 1.82) is 0 Å². The zero-order valence-electron chi connectivity index (χ0n) is 20.9. The monoisotopic (exact) mass is 602 g/mol. The van der Waals surface area contributed by atoms with Gasteiger partial charge in [-0.2, -0.15) is 0 Å². The molecule has 0 unspecified atom stereocenters. The van der Waals surface area contributed by atoms with E-state index >= 15 is 0 Å². The number of hydrogen-bond acceptors (Lipinski definition) is 0. The Morgan fingerprint density at radius 3 is 1.75 bits per heavy atom. The standard InChI is InChI=1S/C17H15.C15H15Si.2ClH.Zr/c1-13-11-15-9-5-6-10-16(15)17(13)12-14-7-3-2-4-8-14;1-16(2)15-13-9-5-3-7-11(13)12-8-4-6-10-14(12)15;;;/h2-11H,12H2,1H3;3-10,15H,1-2H3;2*1H;/q-1;;;;+3/p-2. The van der Waals surface area contributed by atoms with Crippen molar-refractivity contribution >= 4 is 19.6 Å². The largest absolute Gasteiger partial charge is 3.00 e. The maximum atomic E-state index is 2.41. The Kier molecular flexibility index (Phi) is 11.5. The number of aryl methyl sites for hydroxylation is 1. The first-order chi connectivity index (χ1) is 16.1. The molecular formula is C32H30Cl2SiZr. The van der Waals surface area contributed by atoms with Crippen molar-refractivity contribution in [1.82, 2.24) is 0 Å². The van der Waals surface area contributed by atoms with E-state index in [0.29, 0.717) is 5.54 Å². The second-order valence-corrected chi connectivity index (χ2v) is 12.0. The maximum Gasteiger partial charge on any atom is 3.00 e. The molecule has 0 fully saturated rings. The normalized spacial score (nSPS) is 11.3.